The normalized spacial score (nSPS) is 11.5. The molecule has 1 aromatic heterocycles. The van der Waals surface area contributed by atoms with E-state index < -0.39 is 10.0 Å². The molecule has 0 unspecified atom stereocenters. The van der Waals surface area contributed by atoms with Gasteiger partial charge in [0.25, 0.3) is 10.0 Å². The lowest BCUT2D eigenvalue weighted by Crippen LogP contribution is -2.13. The molecule has 20 heavy (non-hydrogen) atoms. The summed E-state index contributed by atoms with van der Waals surface area (Å²) in [6, 6.07) is 6.42. The molecule has 0 aliphatic heterocycles. The van der Waals surface area contributed by atoms with Crippen molar-refractivity contribution >= 4 is 21.5 Å². The van der Waals surface area contributed by atoms with E-state index >= 15 is 0 Å². The van der Waals surface area contributed by atoms with Crippen LogP contribution in [0.1, 0.15) is 12.5 Å². The van der Waals surface area contributed by atoms with Crippen LogP contribution < -0.4 is 10.5 Å². The van der Waals surface area contributed by atoms with Crippen LogP contribution in [0.15, 0.2) is 35.4 Å². The highest BCUT2D eigenvalue weighted by molar-refractivity contribution is 7.92. The van der Waals surface area contributed by atoms with Gasteiger partial charge in [-0.05, 0) is 24.6 Å². The first-order valence-corrected chi connectivity index (χ1v) is 7.50. The molecule has 0 saturated carbocycles. The molecule has 1 aromatic carbocycles. The average molecular weight is 296 g/mol. The molecular weight excluding hydrogens is 280 g/mol. The highest BCUT2D eigenvalue weighted by atomic mass is 32.2. The van der Waals surface area contributed by atoms with Gasteiger partial charge in [-0.2, -0.15) is 5.10 Å². The Morgan fingerprint density at radius 3 is 2.50 bits per heavy atom. The second-order valence-corrected chi connectivity index (χ2v) is 5.85. The smallest absolute Gasteiger partial charge is 0.267 e. The summed E-state index contributed by atoms with van der Waals surface area (Å²) in [4.78, 5) is -0.0504. The summed E-state index contributed by atoms with van der Waals surface area (Å²) in [6.45, 7) is 2.28. The Bertz CT molecular complexity index is 692. The third-order valence-corrected chi connectivity index (χ3v) is 4.16. The van der Waals surface area contributed by atoms with Crippen LogP contribution in [0.5, 0.6) is 0 Å². The number of nitrogens with zero attached hydrogens (tertiary/aromatic N) is 2. The standard InChI is InChI=1S/C12H16N4O3S/c1-2-16-7-11(12(13)14-16)20(18,19)15-10-5-3-9(8-17)4-6-10/h3-7,15,17H,2,8H2,1H3,(H2,13,14). The molecule has 0 amide bonds. The van der Waals surface area contributed by atoms with Gasteiger partial charge in [-0.15, -0.1) is 0 Å². The summed E-state index contributed by atoms with van der Waals surface area (Å²) < 4.78 is 28.3. The van der Waals surface area contributed by atoms with Crippen LogP contribution in [-0.4, -0.2) is 23.3 Å². The van der Waals surface area contributed by atoms with Crippen molar-refractivity contribution in [2.75, 3.05) is 10.5 Å². The fourth-order valence-electron chi connectivity index (χ4n) is 1.68. The monoisotopic (exact) mass is 296 g/mol. The average Bonchev–Trinajstić information content (AvgIpc) is 2.81. The first-order valence-electron chi connectivity index (χ1n) is 6.02. The molecule has 108 valence electrons. The zero-order chi connectivity index (χ0) is 14.8. The summed E-state index contributed by atoms with van der Waals surface area (Å²) in [5.74, 6) is -0.0358. The maximum absolute atomic E-state index is 12.2. The minimum atomic E-state index is -3.77. The molecule has 0 spiro atoms. The predicted octanol–water partition coefficient (Wildman–Crippen LogP) is 0.778. The van der Waals surface area contributed by atoms with Crippen molar-refractivity contribution in [3.8, 4) is 0 Å². The van der Waals surface area contributed by atoms with Gasteiger partial charge in [0, 0.05) is 18.4 Å². The Balaban J connectivity index is 2.27. The lowest BCUT2D eigenvalue weighted by Gasteiger charge is -2.07. The number of sulfonamides is 1. The van der Waals surface area contributed by atoms with E-state index in [1.807, 2.05) is 6.92 Å². The van der Waals surface area contributed by atoms with E-state index in [9.17, 15) is 8.42 Å². The number of aliphatic hydroxyl groups is 1. The number of aliphatic hydroxyl groups excluding tert-OH is 1. The zero-order valence-corrected chi connectivity index (χ0v) is 11.8. The Hall–Kier alpha value is -2.06. The van der Waals surface area contributed by atoms with Crippen LogP contribution in [0.3, 0.4) is 0 Å². The van der Waals surface area contributed by atoms with Crippen molar-refractivity contribution in [2.45, 2.75) is 25.0 Å². The molecule has 0 atom stereocenters. The SMILES string of the molecule is CCn1cc(S(=O)(=O)Nc2ccc(CO)cc2)c(N)n1. The summed E-state index contributed by atoms with van der Waals surface area (Å²) >= 11 is 0. The molecule has 0 saturated heterocycles. The van der Waals surface area contributed by atoms with Crippen LogP contribution in [-0.2, 0) is 23.2 Å². The molecule has 1 heterocycles. The maximum Gasteiger partial charge on any atom is 0.267 e. The van der Waals surface area contributed by atoms with Crippen LogP contribution in [0.4, 0.5) is 11.5 Å². The van der Waals surface area contributed by atoms with E-state index in [0.717, 1.165) is 0 Å². The van der Waals surface area contributed by atoms with Crippen LogP contribution in [0, 0.1) is 0 Å². The molecule has 2 aromatic rings. The molecule has 7 nitrogen and oxygen atoms in total. The molecule has 0 aliphatic carbocycles. The van der Waals surface area contributed by atoms with Gasteiger partial charge in [-0.25, -0.2) is 8.42 Å². The molecule has 0 aliphatic rings. The first kappa shape index (κ1) is 14.4. The van der Waals surface area contributed by atoms with Gasteiger partial charge in [0.05, 0.1) is 6.61 Å². The zero-order valence-electron chi connectivity index (χ0n) is 10.9. The summed E-state index contributed by atoms with van der Waals surface area (Å²) in [5.41, 5.74) is 6.71. The number of hydrogen-bond acceptors (Lipinski definition) is 5. The van der Waals surface area contributed by atoms with Crippen molar-refractivity contribution < 1.29 is 13.5 Å². The van der Waals surface area contributed by atoms with E-state index in [-0.39, 0.29) is 17.3 Å². The Morgan fingerprint density at radius 2 is 2.00 bits per heavy atom. The Labute approximate surface area is 117 Å². The number of aryl methyl sites for hydroxylation is 1. The predicted molar refractivity (Wildman–Crippen MR) is 75.5 cm³/mol. The van der Waals surface area contributed by atoms with E-state index in [2.05, 4.69) is 9.82 Å². The van der Waals surface area contributed by atoms with Gasteiger partial charge in [-0.3, -0.25) is 9.40 Å². The first-order chi connectivity index (χ1) is 9.46. The molecule has 4 N–H and O–H groups in total. The number of hydrogen-bond donors (Lipinski definition) is 3. The highest BCUT2D eigenvalue weighted by Crippen LogP contribution is 2.20. The second-order valence-electron chi connectivity index (χ2n) is 4.19. The van der Waals surface area contributed by atoms with Gasteiger partial charge in [0.2, 0.25) is 0 Å². The largest absolute Gasteiger partial charge is 0.392 e. The molecule has 0 fully saturated rings. The van der Waals surface area contributed by atoms with Gasteiger partial charge >= 0.3 is 0 Å². The summed E-state index contributed by atoms with van der Waals surface area (Å²) in [5, 5.41) is 12.8. The lowest BCUT2D eigenvalue weighted by molar-refractivity contribution is 0.282. The number of benzene rings is 1. The van der Waals surface area contributed by atoms with Crippen molar-refractivity contribution in [3.05, 3.63) is 36.0 Å². The number of aromatic nitrogens is 2. The minimum Gasteiger partial charge on any atom is -0.392 e. The van der Waals surface area contributed by atoms with E-state index in [1.54, 1.807) is 24.3 Å². The lowest BCUT2D eigenvalue weighted by atomic mass is 10.2. The number of nitrogen functional groups attached to an aromatic ring is 1. The van der Waals surface area contributed by atoms with E-state index in [4.69, 9.17) is 10.8 Å². The molecule has 2 rings (SSSR count). The third kappa shape index (κ3) is 2.91. The van der Waals surface area contributed by atoms with Gasteiger partial charge in [0.1, 0.15) is 4.90 Å². The highest BCUT2D eigenvalue weighted by Gasteiger charge is 2.21. The fraction of sp³-hybridized carbons (Fsp3) is 0.250. The number of nitrogens with two attached hydrogens (primary N) is 1. The van der Waals surface area contributed by atoms with Gasteiger partial charge in [-0.1, -0.05) is 12.1 Å². The van der Waals surface area contributed by atoms with E-state index in [0.29, 0.717) is 17.8 Å². The van der Waals surface area contributed by atoms with Crippen molar-refractivity contribution in [3.63, 3.8) is 0 Å². The molecule has 0 bridgehead atoms. The summed E-state index contributed by atoms with van der Waals surface area (Å²) in [6.07, 6.45) is 1.39. The van der Waals surface area contributed by atoms with Crippen LogP contribution in [0.2, 0.25) is 0 Å². The van der Waals surface area contributed by atoms with Crippen LogP contribution in [0.25, 0.3) is 0 Å². The minimum absolute atomic E-state index is 0.0358. The molecule has 8 heteroatoms. The number of nitrogens with one attached hydrogen (secondary N) is 1. The Morgan fingerprint density at radius 1 is 1.35 bits per heavy atom. The van der Waals surface area contributed by atoms with Crippen molar-refractivity contribution in [1.29, 1.82) is 0 Å². The van der Waals surface area contributed by atoms with E-state index in [1.165, 1.54) is 10.9 Å². The van der Waals surface area contributed by atoms with Gasteiger partial charge in [0.15, 0.2) is 5.82 Å². The fourth-order valence-corrected chi connectivity index (χ4v) is 2.81. The number of rotatable bonds is 5. The van der Waals surface area contributed by atoms with Gasteiger partial charge < -0.3 is 10.8 Å². The maximum atomic E-state index is 12.2. The second kappa shape index (κ2) is 5.51. The van der Waals surface area contributed by atoms with Crippen molar-refractivity contribution in [1.82, 2.24) is 9.78 Å². The molecular formula is C12H16N4O3S. The van der Waals surface area contributed by atoms with Crippen LogP contribution >= 0.6 is 0 Å². The molecule has 0 radical (unpaired) electrons. The third-order valence-electron chi connectivity index (χ3n) is 2.76. The topological polar surface area (TPSA) is 110 Å². The summed E-state index contributed by atoms with van der Waals surface area (Å²) in [7, 11) is -3.77. The quantitative estimate of drug-likeness (QED) is 0.755. The number of anilines is 2. The van der Waals surface area contributed by atoms with Crippen molar-refractivity contribution in [2.24, 2.45) is 0 Å². The Kier molecular flexibility index (Phi) is 3.96.